The zero-order valence-corrected chi connectivity index (χ0v) is 16.1. The number of fused-ring (bicyclic) bond motifs is 1. The molecule has 6 heteroatoms. The highest BCUT2D eigenvalue weighted by Gasteiger charge is 2.30. The van der Waals surface area contributed by atoms with E-state index in [9.17, 15) is 9.59 Å². The lowest BCUT2D eigenvalue weighted by molar-refractivity contribution is -0.133. The zero-order chi connectivity index (χ0) is 19.4. The lowest BCUT2D eigenvalue weighted by Crippen LogP contribution is -2.41. The number of hydrogen-bond acceptors (Lipinski definition) is 4. The maximum absolute atomic E-state index is 12.6. The second kappa shape index (κ2) is 8.20. The van der Waals surface area contributed by atoms with Crippen molar-refractivity contribution in [3.05, 3.63) is 59.3 Å². The van der Waals surface area contributed by atoms with Crippen molar-refractivity contribution >= 4 is 17.6 Å². The summed E-state index contributed by atoms with van der Waals surface area (Å²) in [6.07, 6.45) is 2.87. The fourth-order valence-corrected chi connectivity index (χ4v) is 3.48. The molecule has 1 unspecified atom stereocenters. The molecule has 1 aromatic carbocycles. The van der Waals surface area contributed by atoms with Gasteiger partial charge in [0.25, 0.3) is 0 Å². The number of hydrogen-bond donors (Lipinski definition) is 1. The predicted molar refractivity (Wildman–Crippen MR) is 105 cm³/mol. The predicted octanol–water partition coefficient (Wildman–Crippen LogP) is 2.30. The minimum Gasteiger partial charge on any atom is -0.363 e. The Kier molecular flexibility index (Phi) is 5.74. The first-order valence-corrected chi connectivity index (χ1v) is 9.19. The summed E-state index contributed by atoms with van der Waals surface area (Å²) in [5, 5.41) is 2.95. The molecule has 0 fully saturated rings. The number of nitrogens with one attached hydrogen (secondary N) is 1. The lowest BCUT2D eigenvalue weighted by atomic mass is 9.90. The van der Waals surface area contributed by atoms with Crippen molar-refractivity contribution in [3.8, 4) is 0 Å². The largest absolute Gasteiger partial charge is 0.363 e. The van der Waals surface area contributed by atoms with Crippen LogP contribution in [0, 0.1) is 0 Å². The van der Waals surface area contributed by atoms with E-state index < -0.39 is 0 Å². The van der Waals surface area contributed by atoms with E-state index in [1.54, 1.807) is 18.0 Å². The number of anilines is 1. The topological polar surface area (TPSA) is 65.5 Å². The van der Waals surface area contributed by atoms with E-state index in [0.29, 0.717) is 13.1 Å². The Morgan fingerprint density at radius 3 is 2.67 bits per heavy atom. The van der Waals surface area contributed by atoms with Crippen molar-refractivity contribution < 1.29 is 9.59 Å². The molecule has 1 aliphatic rings. The minimum atomic E-state index is -0.207. The van der Waals surface area contributed by atoms with Gasteiger partial charge in [-0.05, 0) is 29.2 Å². The molecule has 0 radical (unpaired) electrons. The summed E-state index contributed by atoms with van der Waals surface area (Å²) in [6, 6.07) is 11.7. The molecule has 2 amide bonds. The summed E-state index contributed by atoms with van der Waals surface area (Å²) < 4.78 is 0. The molecule has 2 aromatic rings. The first-order valence-electron chi connectivity index (χ1n) is 9.19. The van der Waals surface area contributed by atoms with Gasteiger partial charge in [-0.3, -0.25) is 9.59 Å². The maximum Gasteiger partial charge on any atom is 0.222 e. The molecule has 0 saturated heterocycles. The van der Waals surface area contributed by atoms with E-state index in [4.69, 9.17) is 0 Å². The average molecular weight is 366 g/mol. The Balaban J connectivity index is 1.66. The third kappa shape index (κ3) is 4.45. The fourth-order valence-electron chi connectivity index (χ4n) is 3.48. The normalized spacial score (nSPS) is 15.8. The second-order valence-electron chi connectivity index (χ2n) is 7.08. The Hall–Kier alpha value is -2.89. The summed E-state index contributed by atoms with van der Waals surface area (Å²) in [5.74, 6) is 0.811. The van der Waals surface area contributed by atoms with Crippen LogP contribution < -0.4 is 10.2 Å². The van der Waals surface area contributed by atoms with Crippen molar-refractivity contribution in [1.82, 2.24) is 15.2 Å². The van der Waals surface area contributed by atoms with Crippen LogP contribution in [0.25, 0.3) is 0 Å². The van der Waals surface area contributed by atoms with Gasteiger partial charge in [0.05, 0.1) is 12.5 Å². The van der Waals surface area contributed by atoms with Crippen LogP contribution in [0.1, 0.15) is 36.1 Å². The van der Waals surface area contributed by atoms with Gasteiger partial charge in [0.15, 0.2) is 0 Å². The van der Waals surface area contributed by atoms with Gasteiger partial charge in [0, 0.05) is 40.3 Å². The van der Waals surface area contributed by atoms with E-state index in [0.717, 1.165) is 23.4 Å². The van der Waals surface area contributed by atoms with Gasteiger partial charge in [-0.2, -0.15) is 0 Å². The quantitative estimate of drug-likeness (QED) is 0.882. The highest BCUT2D eigenvalue weighted by Crippen LogP contribution is 2.32. The molecule has 27 heavy (non-hydrogen) atoms. The molecule has 0 bridgehead atoms. The number of nitrogens with zero attached hydrogens (tertiary/aromatic N) is 3. The number of amides is 2. The Bertz CT molecular complexity index is 817. The second-order valence-corrected chi connectivity index (χ2v) is 7.08. The molecule has 1 aromatic heterocycles. The number of benzene rings is 1. The molecule has 0 aliphatic carbocycles. The van der Waals surface area contributed by atoms with Gasteiger partial charge in [-0.15, -0.1) is 0 Å². The van der Waals surface area contributed by atoms with Crippen LogP contribution in [0.4, 0.5) is 5.82 Å². The first-order chi connectivity index (χ1) is 13.0. The Morgan fingerprint density at radius 2 is 2.00 bits per heavy atom. The minimum absolute atomic E-state index is 0.00535. The van der Waals surface area contributed by atoms with Crippen LogP contribution >= 0.6 is 0 Å². The van der Waals surface area contributed by atoms with Crippen LogP contribution in [-0.2, 0) is 22.6 Å². The highest BCUT2D eigenvalue weighted by molar-refractivity contribution is 5.79. The molecule has 1 N–H and O–H groups in total. The van der Waals surface area contributed by atoms with Gasteiger partial charge in [0.2, 0.25) is 11.8 Å². The first kappa shape index (κ1) is 18.9. The molecule has 3 rings (SSSR count). The Labute approximate surface area is 160 Å². The molecular weight excluding hydrogens is 340 g/mol. The zero-order valence-electron chi connectivity index (χ0n) is 16.1. The molecular formula is C21H26N4O2. The van der Waals surface area contributed by atoms with E-state index in [-0.39, 0.29) is 24.3 Å². The van der Waals surface area contributed by atoms with Crippen LogP contribution in [0.15, 0.2) is 42.6 Å². The monoisotopic (exact) mass is 366 g/mol. The molecule has 1 atom stereocenters. The average Bonchev–Trinajstić information content (AvgIpc) is 2.66. The number of rotatable bonds is 5. The maximum atomic E-state index is 12.6. The van der Waals surface area contributed by atoms with E-state index in [1.165, 1.54) is 5.56 Å². The molecule has 142 valence electrons. The summed E-state index contributed by atoms with van der Waals surface area (Å²) in [5.41, 5.74) is 3.24. The summed E-state index contributed by atoms with van der Waals surface area (Å²) in [7, 11) is 3.87. The molecule has 2 heterocycles. The third-order valence-electron chi connectivity index (χ3n) is 4.95. The molecule has 0 saturated carbocycles. The standard InChI is InChI=1S/C21H26N4O2/c1-15(26)25-11-10-17-6-4-5-7-18(17)19(25)12-21(27)23-14-16-8-9-20(22-13-16)24(2)3/h4-9,13,19H,10-12,14H2,1-3H3,(H,23,27). The summed E-state index contributed by atoms with van der Waals surface area (Å²) in [6.45, 7) is 2.64. The summed E-state index contributed by atoms with van der Waals surface area (Å²) in [4.78, 5) is 32.7. The molecule has 1 aliphatic heterocycles. The van der Waals surface area contributed by atoms with Crippen molar-refractivity contribution in [3.63, 3.8) is 0 Å². The van der Waals surface area contributed by atoms with Crippen LogP contribution in [-0.4, -0.2) is 42.3 Å². The fraction of sp³-hybridized carbons (Fsp3) is 0.381. The van der Waals surface area contributed by atoms with Gasteiger partial charge >= 0.3 is 0 Å². The van der Waals surface area contributed by atoms with Crippen LogP contribution in [0.2, 0.25) is 0 Å². The van der Waals surface area contributed by atoms with E-state index in [1.807, 2.05) is 49.3 Å². The number of pyridine rings is 1. The number of carbonyl (C=O) groups is 2. The van der Waals surface area contributed by atoms with E-state index >= 15 is 0 Å². The van der Waals surface area contributed by atoms with Gasteiger partial charge < -0.3 is 15.1 Å². The van der Waals surface area contributed by atoms with Gasteiger partial charge in [0.1, 0.15) is 5.82 Å². The Morgan fingerprint density at radius 1 is 1.22 bits per heavy atom. The summed E-state index contributed by atoms with van der Waals surface area (Å²) >= 11 is 0. The third-order valence-corrected chi connectivity index (χ3v) is 4.95. The van der Waals surface area contributed by atoms with Crippen LogP contribution in [0.3, 0.4) is 0 Å². The lowest BCUT2D eigenvalue weighted by Gasteiger charge is -2.36. The highest BCUT2D eigenvalue weighted by atomic mass is 16.2. The van der Waals surface area contributed by atoms with Gasteiger partial charge in [-0.1, -0.05) is 30.3 Å². The van der Waals surface area contributed by atoms with Gasteiger partial charge in [-0.25, -0.2) is 4.98 Å². The van der Waals surface area contributed by atoms with Crippen molar-refractivity contribution in [2.24, 2.45) is 0 Å². The van der Waals surface area contributed by atoms with Crippen LogP contribution in [0.5, 0.6) is 0 Å². The molecule has 6 nitrogen and oxygen atoms in total. The number of aromatic nitrogens is 1. The van der Waals surface area contributed by atoms with Crippen molar-refractivity contribution in [2.45, 2.75) is 32.4 Å². The number of carbonyl (C=O) groups excluding carboxylic acids is 2. The molecule has 0 spiro atoms. The van der Waals surface area contributed by atoms with Crippen molar-refractivity contribution in [2.75, 3.05) is 25.5 Å². The SMILES string of the molecule is CC(=O)N1CCc2ccccc2C1CC(=O)NCc1ccc(N(C)C)nc1. The smallest absolute Gasteiger partial charge is 0.222 e. The van der Waals surface area contributed by atoms with E-state index in [2.05, 4.69) is 16.4 Å². The van der Waals surface area contributed by atoms with Crippen molar-refractivity contribution in [1.29, 1.82) is 0 Å².